The largest absolute Gasteiger partial charge is 0.391 e. The predicted molar refractivity (Wildman–Crippen MR) is 76.7 cm³/mol. The normalized spacial score (nSPS) is 20.5. The zero-order chi connectivity index (χ0) is 12.4. The minimum absolute atomic E-state index is 0.289. The van der Waals surface area contributed by atoms with E-state index in [4.69, 9.17) is 5.73 Å². The highest BCUT2D eigenvalue weighted by molar-refractivity contribution is 9.13. The Morgan fingerprint density at radius 2 is 1.82 bits per heavy atom. The fraction of sp³-hybridized carbons (Fsp3) is 0.538. The van der Waals surface area contributed by atoms with Crippen molar-refractivity contribution in [2.45, 2.75) is 37.8 Å². The van der Waals surface area contributed by atoms with Crippen molar-refractivity contribution in [3.8, 4) is 0 Å². The first-order chi connectivity index (χ1) is 8.09. The number of halogens is 2. The summed E-state index contributed by atoms with van der Waals surface area (Å²) in [6.45, 7) is 0. The number of hydrogen-bond acceptors (Lipinski definition) is 2. The fourth-order valence-corrected chi connectivity index (χ4v) is 3.15. The molecule has 94 valence electrons. The summed E-state index contributed by atoms with van der Waals surface area (Å²) in [6, 6.07) is 5.62. The number of aliphatic hydroxyl groups is 1. The molecule has 0 unspecified atom stereocenters. The Morgan fingerprint density at radius 3 is 2.41 bits per heavy atom. The van der Waals surface area contributed by atoms with Crippen molar-refractivity contribution in [2.75, 3.05) is 0 Å². The topological polar surface area (TPSA) is 46.2 Å². The van der Waals surface area contributed by atoms with Gasteiger partial charge in [-0.05, 0) is 68.3 Å². The number of aliphatic hydroxyl groups excluding tert-OH is 1. The van der Waals surface area contributed by atoms with Gasteiger partial charge in [0.25, 0.3) is 0 Å². The summed E-state index contributed by atoms with van der Waals surface area (Å²) < 4.78 is 1.98. The molecule has 0 amide bonds. The summed E-state index contributed by atoms with van der Waals surface area (Å²) in [5, 5.41) is 10.3. The van der Waals surface area contributed by atoms with Gasteiger partial charge in [-0.25, -0.2) is 0 Å². The molecule has 17 heavy (non-hydrogen) atoms. The van der Waals surface area contributed by atoms with E-state index in [0.29, 0.717) is 5.92 Å². The van der Waals surface area contributed by atoms with Crippen LogP contribution in [0.1, 0.15) is 37.3 Å². The highest BCUT2D eigenvalue weighted by Gasteiger charge is 2.28. The second-order valence-corrected chi connectivity index (χ2v) is 6.44. The van der Waals surface area contributed by atoms with Crippen LogP contribution in [0, 0.1) is 5.92 Å². The van der Waals surface area contributed by atoms with E-state index in [0.717, 1.165) is 27.4 Å². The van der Waals surface area contributed by atoms with Gasteiger partial charge in [0, 0.05) is 8.95 Å². The number of nitrogens with two attached hydrogens (primary N) is 1. The van der Waals surface area contributed by atoms with Gasteiger partial charge in [0.1, 0.15) is 0 Å². The summed E-state index contributed by atoms with van der Waals surface area (Å²) in [7, 11) is 0. The van der Waals surface area contributed by atoms with E-state index in [1.54, 1.807) is 0 Å². The number of benzene rings is 1. The molecule has 0 heterocycles. The predicted octanol–water partition coefficient (Wildman–Crippen LogP) is 3.76. The van der Waals surface area contributed by atoms with Crippen LogP contribution in [-0.2, 0) is 0 Å². The van der Waals surface area contributed by atoms with Gasteiger partial charge < -0.3 is 10.8 Å². The van der Waals surface area contributed by atoms with Crippen LogP contribution in [0.2, 0.25) is 0 Å². The summed E-state index contributed by atoms with van der Waals surface area (Å²) >= 11 is 6.89. The zero-order valence-corrected chi connectivity index (χ0v) is 12.7. The minimum Gasteiger partial charge on any atom is -0.391 e. The summed E-state index contributed by atoms with van der Waals surface area (Å²) in [5.41, 5.74) is 7.14. The molecule has 2 nitrogen and oxygen atoms in total. The molecule has 0 saturated heterocycles. The Bertz CT molecular complexity index is 391. The lowest BCUT2D eigenvalue weighted by Gasteiger charge is -2.24. The van der Waals surface area contributed by atoms with E-state index in [2.05, 4.69) is 31.9 Å². The van der Waals surface area contributed by atoms with Gasteiger partial charge in [-0.1, -0.05) is 18.9 Å². The van der Waals surface area contributed by atoms with Gasteiger partial charge >= 0.3 is 0 Å². The van der Waals surface area contributed by atoms with Crippen molar-refractivity contribution in [3.05, 3.63) is 32.7 Å². The number of hydrogen-bond donors (Lipinski definition) is 2. The maximum Gasteiger partial charge on any atom is 0.0760 e. The first-order valence-corrected chi connectivity index (χ1v) is 7.57. The zero-order valence-electron chi connectivity index (χ0n) is 9.57. The van der Waals surface area contributed by atoms with Crippen LogP contribution in [-0.4, -0.2) is 11.2 Å². The molecular weight excluding hydrogens is 346 g/mol. The Kier molecular flexibility index (Phi) is 4.64. The smallest absolute Gasteiger partial charge is 0.0760 e. The average molecular weight is 363 g/mol. The Labute approximate surface area is 119 Å². The van der Waals surface area contributed by atoms with Crippen LogP contribution in [0.3, 0.4) is 0 Å². The molecule has 1 aliphatic rings. The number of rotatable bonds is 3. The molecule has 0 spiro atoms. The van der Waals surface area contributed by atoms with Gasteiger partial charge in [0.05, 0.1) is 12.1 Å². The standard InChI is InChI=1S/C13H17Br2NO/c14-10-6-5-9(7-11(10)15)12(16)13(17)8-3-1-2-4-8/h5-8,12-13,17H,1-4,16H2/t12-,13+/m0/s1. The second kappa shape index (κ2) is 5.83. The highest BCUT2D eigenvalue weighted by Crippen LogP contribution is 2.34. The van der Waals surface area contributed by atoms with Gasteiger partial charge in [-0.15, -0.1) is 0 Å². The molecule has 0 aromatic heterocycles. The third-order valence-corrected chi connectivity index (χ3v) is 5.46. The van der Waals surface area contributed by atoms with E-state index >= 15 is 0 Å². The van der Waals surface area contributed by atoms with Crippen molar-refractivity contribution in [2.24, 2.45) is 11.7 Å². The lowest BCUT2D eigenvalue weighted by Crippen LogP contribution is -2.31. The molecule has 1 saturated carbocycles. The molecule has 3 N–H and O–H groups in total. The molecule has 2 rings (SSSR count). The molecule has 1 aliphatic carbocycles. The molecule has 1 aromatic carbocycles. The lowest BCUT2D eigenvalue weighted by atomic mass is 9.91. The Balaban J connectivity index is 2.12. The molecule has 0 radical (unpaired) electrons. The third-order valence-electron chi connectivity index (χ3n) is 3.58. The summed E-state index contributed by atoms with van der Waals surface area (Å²) in [5.74, 6) is 0.368. The monoisotopic (exact) mass is 361 g/mol. The van der Waals surface area contributed by atoms with Crippen molar-refractivity contribution in [1.82, 2.24) is 0 Å². The van der Waals surface area contributed by atoms with Crippen LogP contribution in [0.15, 0.2) is 27.1 Å². The van der Waals surface area contributed by atoms with Gasteiger partial charge in [0.15, 0.2) is 0 Å². The molecule has 1 aromatic rings. The quantitative estimate of drug-likeness (QED) is 0.859. The minimum atomic E-state index is -0.425. The second-order valence-electron chi connectivity index (χ2n) is 4.73. The molecule has 0 bridgehead atoms. The maximum atomic E-state index is 10.3. The SMILES string of the molecule is N[C@@H](c1ccc(Br)c(Br)c1)[C@H](O)C1CCCC1. The van der Waals surface area contributed by atoms with Crippen molar-refractivity contribution in [3.63, 3.8) is 0 Å². The van der Waals surface area contributed by atoms with Crippen molar-refractivity contribution >= 4 is 31.9 Å². The van der Waals surface area contributed by atoms with E-state index in [1.807, 2.05) is 18.2 Å². The van der Waals surface area contributed by atoms with Gasteiger partial charge in [0.2, 0.25) is 0 Å². The van der Waals surface area contributed by atoms with Crippen LogP contribution in [0.4, 0.5) is 0 Å². The summed E-state index contributed by atoms with van der Waals surface area (Å²) in [6.07, 6.45) is 4.22. The first kappa shape index (κ1) is 13.5. The van der Waals surface area contributed by atoms with E-state index in [9.17, 15) is 5.11 Å². The van der Waals surface area contributed by atoms with Crippen molar-refractivity contribution < 1.29 is 5.11 Å². The van der Waals surface area contributed by atoms with Crippen LogP contribution >= 0.6 is 31.9 Å². The highest BCUT2D eigenvalue weighted by atomic mass is 79.9. The molecule has 1 fully saturated rings. The average Bonchev–Trinajstić information content (AvgIpc) is 2.84. The van der Waals surface area contributed by atoms with Crippen molar-refractivity contribution in [1.29, 1.82) is 0 Å². The van der Waals surface area contributed by atoms with Gasteiger partial charge in [-0.2, -0.15) is 0 Å². The lowest BCUT2D eigenvalue weighted by molar-refractivity contribution is 0.0845. The first-order valence-electron chi connectivity index (χ1n) is 5.98. The summed E-state index contributed by atoms with van der Waals surface area (Å²) in [4.78, 5) is 0. The van der Waals surface area contributed by atoms with Crippen LogP contribution in [0.25, 0.3) is 0 Å². The van der Waals surface area contributed by atoms with Gasteiger partial charge in [-0.3, -0.25) is 0 Å². The fourth-order valence-electron chi connectivity index (χ4n) is 2.51. The molecule has 2 atom stereocenters. The van der Waals surface area contributed by atoms with Crippen LogP contribution < -0.4 is 5.73 Å². The van der Waals surface area contributed by atoms with Crippen LogP contribution in [0.5, 0.6) is 0 Å². The third kappa shape index (κ3) is 3.11. The van der Waals surface area contributed by atoms with E-state index < -0.39 is 6.10 Å². The van der Waals surface area contributed by atoms with E-state index in [-0.39, 0.29) is 6.04 Å². The molecule has 0 aliphatic heterocycles. The molecular formula is C13H17Br2NO. The maximum absolute atomic E-state index is 10.3. The van der Waals surface area contributed by atoms with E-state index in [1.165, 1.54) is 12.8 Å². The Hall–Kier alpha value is 0.1000. The Morgan fingerprint density at radius 1 is 1.18 bits per heavy atom. The molecule has 4 heteroatoms.